The van der Waals surface area contributed by atoms with Crippen LogP contribution in [-0.2, 0) is 0 Å². The molecule has 0 heterocycles. The quantitative estimate of drug-likeness (QED) is 0.572. The molecular weight excluding hydrogens is 234 g/mol. The Morgan fingerprint density at radius 3 is 2.50 bits per heavy atom. The number of benzene rings is 2. The molecule has 5 nitrogen and oxygen atoms in total. The summed E-state index contributed by atoms with van der Waals surface area (Å²) in [7, 11) is 0. The van der Waals surface area contributed by atoms with Crippen LogP contribution in [0.15, 0.2) is 48.5 Å². The van der Waals surface area contributed by atoms with Gasteiger partial charge in [0.2, 0.25) is 0 Å². The first-order valence-corrected chi connectivity index (χ1v) is 5.21. The standard InChI is InChI=1S/C13H11NO4/c15-11-7-6-9(13(16)14-17)8-12(11)18-10-4-2-1-3-5-10/h1-8,15,17H,(H,14,16). The second-order valence-electron chi connectivity index (χ2n) is 3.54. The fourth-order valence-corrected chi connectivity index (χ4v) is 1.42. The molecule has 0 atom stereocenters. The molecule has 0 fully saturated rings. The van der Waals surface area contributed by atoms with Gasteiger partial charge in [-0.05, 0) is 30.3 Å². The number of hydrogen-bond acceptors (Lipinski definition) is 4. The number of phenolic OH excluding ortho intramolecular Hbond substituents is 1. The van der Waals surface area contributed by atoms with Crippen molar-refractivity contribution >= 4 is 5.91 Å². The number of aromatic hydroxyl groups is 1. The molecule has 0 aliphatic heterocycles. The first-order valence-electron chi connectivity index (χ1n) is 5.21. The maximum atomic E-state index is 11.2. The van der Waals surface area contributed by atoms with Crippen molar-refractivity contribution in [2.45, 2.75) is 0 Å². The number of nitrogens with one attached hydrogen (secondary N) is 1. The number of carbonyl (C=O) groups excluding carboxylic acids is 1. The molecule has 3 N–H and O–H groups in total. The van der Waals surface area contributed by atoms with E-state index in [1.807, 2.05) is 6.07 Å². The first kappa shape index (κ1) is 11.9. The van der Waals surface area contributed by atoms with E-state index in [9.17, 15) is 9.90 Å². The molecule has 0 unspecified atom stereocenters. The lowest BCUT2D eigenvalue weighted by molar-refractivity contribution is 0.0706. The van der Waals surface area contributed by atoms with Crippen molar-refractivity contribution in [3.63, 3.8) is 0 Å². The Morgan fingerprint density at radius 2 is 1.83 bits per heavy atom. The molecule has 0 bridgehead atoms. The Labute approximate surface area is 103 Å². The smallest absolute Gasteiger partial charge is 0.274 e. The fourth-order valence-electron chi connectivity index (χ4n) is 1.42. The summed E-state index contributed by atoms with van der Waals surface area (Å²) < 4.78 is 5.43. The van der Waals surface area contributed by atoms with E-state index in [1.165, 1.54) is 23.7 Å². The van der Waals surface area contributed by atoms with Crippen LogP contribution in [0.1, 0.15) is 10.4 Å². The van der Waals surface area contributed by atoms with Gasteiger partial charge in [0.15, 0.2) is 11.5 Å². The Bertz CT molecular complexity index is 554. The highest BCUT2D eigenvalue weighted by molar-refractivity contribution is 5.94. The van der Waals surface area contributed by atoms with Crippen molar-refractivity contribution in [1.29, 1.82) is 0 Å². The zero-order valence-corrected chi connectivity index (χ0v) is 9.33. The van der Waals surface area contributed by atoms with Crippen LogP contribution in [0.2, 0.25) is 0 Å². The largest absolute Gasteiger partial charge is 0.504 e. The van der Waals surface area contributed by atoms with Crippen LogP contribution in [0.3, 0.4) is 0 Å². The molecule has 0 aromatic heterocycles. The van der Waals surface area contributed by atoms with Gasteiger partial charge in [0.1, 0.15) is 5.75 Å². The van der Waals surface area contributed by atoms with Crippen LogP contribution >= 0.6 is 0 Å². The van der Waals surface area contributed by atoms with E-state index < -0.39 is 5.91 Å². The van der Waals surface area contributed by atoms with Crippen molar-refractivity contribution in [2.24, 2.45) is 0 Å². The van der Waals surface area contributed by atoms with Gasteiger partial charge in [0.25, 0.3) is 5.91 Å². The highest BCUT2D eigenvalue weighted by atomic mass is 16.5. The minimum atomic E-state index is -0.673. The normalized spacial score (nSPS) is 9.83. The van der Waals surface area contributed by atoms with Gasteiger partial charge < -0.3 is 9.84 Å². The molecule has 18 heavy (non-hydrogen) atoms. The molecule has 2 aromatic carbocycles. The van der Waals surface area contributed by atoms with Gasteiger partial charge in [0, 0.05) is 5.56 Å². The Morgan fingerprint density at radius 1 is 1.11 bits per heavy atom. The minimum Gasteiger partial charge on any atom is -0.504 e. The van der Waals surface area contributed by atoms with E-state index in [4.69, 9.17) is 9.94 Å². The number of carbonyl (C=O) groups is 1. The lowest BCUT2D eigenvalue weighted by Crippen LogP contribution is -2.18. The summed E-state index contributed by atoms with van der Waals surface area (Å²) in [6, 6.07) is 12.9. The van der Waals surface area contributed by atoms with E-state index in [0.29, 0.717) is 5.75 Å². The zero-order chi connectivity index (χ0) is 13.0. The maximum Gasteiger partial charge on any atom is 0.274 e. The second kappa shape index (κ2) is 5.20. The lowest BCUT2D eigenvalue weighted by atomic mass is 10.2. The van der Waals surface area contributed by atoms with Crippen LogP contribution in [0.5, 0.6) is 17.2 Å². The molecule has 0 saturated carbocycles. The topological polar surface area (TPSA) is 78.8 Å². The summed E-state index contributed by atoms with van der Waals surface area (Å²) in [6.07, 6.45) is 0. The third kappa shape index (κ3) is 2.58. The lowest BCUT2D eigenvalue weighted by Gasteiger charge is -2.08. The number of phenols is 1. The fraction of sp³-hybridized carbons (Fsp3) is 0. The van der Waals surface area contributed by atoms with Gasteiger partial charge in [-0.3, -0.25) is 10.0 Å². The van der Waals surface area contributed by atoms with Crippen LogP contribution in [-0.4, -0.2) is 16.2 Å². The predicted molar refractivity (Wildman–Crippen MR) is 63.9 cm³/mol. The Balaban J connectivity index is 2.30. The summed E-state index contributed by atoms with van der Waals surface area (Å²) in [6.45, 7) is 0. The summed E-state index contributed by atoms with van der Waals surface area (Å²) in [5.74, 6) is -0.0853. The van der Waals surface area contributed by atoms with Crippen LogP contribution in [0.25, 0.3) is 0 Å². The maximum absolute atomic E-state index is 11.2. The number of hydroxylamine groups is 1. The molecule has 0 spiro atoms. The van der Waals surface area contributed by atoms with E-state index in [-0.39, 0.29) is 17.1 Å². The van der Waals surface area contributed by atoms with E-state index in [2.05, 4.69) is 0 Å². The molecule has 92 valence electrons. The molecular formula is C13H11NO4. The molecule has 0 aliphatic carbocycles. The monoisotopic (exact) mass is 245 g/mol. The van der Waals surface area contributed by atoms with E-state index in [0.717, 1.165) is 0 Å². The van der Waals surface area contributed by atoms with Crippen molar-refractivity contribution in [3.8, 4) is 17.2 Å². The van der Waals surface area contributed by atoms with Crippen molar-refractivity contribution < 1.29 is 19.8 Å². The Kier molecular flexibility index (Phi) is 3.45. The highest BCUT2D eigenvalue weighted by Gasteiger charge is 2.10. The molecule has 1 amide bonds. The number of rotatable bonds is 3. The van der Waals surface area contributed by atoms with Crippen molar-refractivity contribution in [2.75, 3.05) is 0 Å². The number of amides is 1. The van der Waals surface area contributed by atoms with E-state index >= 15 is 0 Å². The molecule has 0 aliphatic rings. The van der Waals surface area contributed by atoms with Crippen LogP contribution in [0.4, 0.5) is 0 Å². The van der Waals surface area contributed by atoms with Crippen molar-refractivity contribution in [1.82, 2.24) is 5.48 Å². The Hall–Kier alpha value is -2.53. The molecule has 5 heteroatoms. The zero-order valence-electron chi connectivity index (χ0n) is 9.33. The molecule has 0 radical (unpaired) electrons. The summed E-state index contributed by atoms with van der Waals surface area (Å²) in [5, 5.41) is 18.2. The third-order valence-corrected chi connectivity index (χ3v) is 2.29. The summed E-state index contributed by atoms with van der Waals surface area (Å²) in [4.78, 5) is 11.2. The van der Waals surface area contributed by atoms with Gasteiger partial charge in [-0.1, -0.05) is 18.2 Å². The summed E-state index contributed by atoms with van der Waals surface area (Å²) in [5.41, 5.74) is 1.70. The molecule has 2 rings (SSSR count). The van der Waals surface area contributed by atoms with Gasteiger partial charge >= 0.3 is 0 Å². The molecule has 0 saturated heterocycles. The van der Waals surface area contributed by atoms with Gasteiger partial charge in [-0.2, -0.15) is 0 Å². The second-order valence-corrected chi connectivity index (χ2v) is 3.54. The average molecular weight is 245 g/mol. The average Bonchev–Trinajstić information content (AvgIpc) is 2.41. The van der Waals surface area contributed by atoms with Gasteiger partial charge in [-0.25, -0.2) is 5.48 Å². The van der Waals surface area contributed by atoms with Crippen LogP contribution < -0.4 is 10.2 Å². The summed E-state index contributed by atoms with van der Waals surface area (Å²) >= 11 is 0. The minimum absolute atomic E-state index is 0.0895. The molecule has 2 aromatic rings. The van der Waals surface area contributed by atoms with Crippen LogP contribution in [0, 0.1) is 0 Å². The number of ether oxygens (including phenoxy) is 1. The first-order chi connectivity index (χ1) is 8.70. The van der Waals surface area contributed by atoms with Crippen molar-refractivity contribution in [3.05, 3.63) is 54.1 Å². The third-order valence-electron chi connectivity index (χ3n) is 2.29. The predicted octanol–water partition coefficient (Wildman–Crippen LogP) is 2.30. The SMILES string of the molecule is O=C(NO)c1ccc(O)c(Oc2ccccc2)c1. The van der Waals surface area contributed by atoms with Gasteiger partial charge in [-0.15, -0.1) is 0 Å². The van der Waals surface area contributed by atoms with Gasteiger partial charge in [0.05, 0.1) is 0 Å². The van der Waals surface area contributed by atoms with E-state index in [1.54, 1.807) is 24.3 Å². The number of para-hydroxylation sites is 1. The highest BCUT2D eigenvalue weighted by Crippen LogP contribution is 2.31. The number of hydrogen-bond donors (Lipinski definition) is 3.